The molecule has 0 amide bonds. The molecule has 0 aliphatic rings. The first kappa shape index (κ1) is 16.2. The molecule has 1 aromatic rings. The Hall–Kier alpha value is -0.820. The predicted octanol–water partition coefficient (Wildman–Crippen LogP) is 2.22. The van der Waals surface area contributed by atoms with Crippen LogP contribution in [0.15, 0.2) is 23.1 Å². The van der Waals surface area contributed by atoms with Gasteiger partial charge in [0.15, 0.2) is 0 Å². The number of esters is 1. The zero-order chi connectivity index (χ0) is 14.6. The highest BCUT2D eigenvalue weighted by Gasteiger charge is 2.20. The number of nitrogens with one attached hydrogen (secondary N) is 1. The fourth-order valence-corrected chi connectivity index (χ4v) is 2.98. The van der Waals surface area contributed by atoms with Crippen molar-refractivity contribution in [3.63, 3.8) is 0 Å². The van der Waals surface area contributed by atoms with Gasteiger partial charge in [-0.2, -0.15) is 0 Å². The Labute approximate surface area is 121 Å². The van der Waals surface area contributed by atoms with Crippen LogP contribution < -0.4 is 4.72 Å². The molecule has 8 heteroatoms. The number of hydrogen-bond donors (Lipinski definition) is 1. The van der Waals surface area contributed by atoms with Crippen LogP contribution in [0.3, 0.4) is 0 Å². The molecule has 19 heavy (non-hydrogen) atoms. The zero-order valence-electron chi connectivity index (χ0n) is 10.3. The minimum atomic E-state index is -3.75. The Morgan fingerprint density at radius 1 is 1.37 bits per heavy atom. The van der Waals surface area contributed by atoms with Gasteiger partial charge in [-0.3, -0.25) is 4.79 Å². The first-order valence-electron chi connectivity index (χ1n) is 5.30. The van der Waals surface area contributed by atoms with Gasteiger partial charge in [0, 0.05) is 6.04 Å². The maximum absolute atomic E-state index is 12.0. The molecule has 106 valence electrons. The number of halogens is 2. The average molecular weight is 326 g/mol. The minimum absolute atomic E-state index is 0.0152. The second kappa shape index (κ2) is 6.56. The van der Waals surface area contributed by atoms with Gasteiger partial charge >= 0.3 is 5.97 Å². The van der Waals surface area contributed by atoms with Crippen molar-refractivity contribution in [2.45, 2.75) is 24.3 Å². The summed E-state index contributed by atoms with van der Waals surface area (Å²) in [5.74, 6) is -0.496. The molecule has 1 rings (SSSR count). The minimum Gasteiger partial charge on any atom is -0.469 e. The van der Waals surface area contributed by atoms with Crippen LogP contribution in [0, 0.1) is 0 Å². The molecule has 0 saturated carbocycles. The summed E-state index contributed by atoms with van der Waals surface area (Å²) in [6.45, 7) is 1.56. The summed E-state index contributed by atoms with van der Waals surface area (Å²) in [5.41, 5.74) is 0. The highest BCUT2D eigenvalue weighted by Crippen LogP contribution is 2.24. The molecule has 0 radical (unpaired) electrons. The summed E-state index contributed by atoms with van der Waals surface area (Å²) in [7, 11) is -2.51. The van der Waals surface area contributed by atoms with Gasteiger partial charge in [0.05, 0.1) is 28.5 Å². The number of ether oxygens (including phenoxy) is 1. The van der Waals surface area contributed by atoms with E-state index in [0.717, 1.165) is 0 Å². The van der Waals surface area contributed by atoms with Gasteiger partial charge in [-0.1, -0.05) is 23.2 Å². The molecule has 0 spiro atoms. The van der Waals surface area contributed by atoms with Gasteiger partial charge in [0.2, 0.25) is 10.0 Å². The van der Waals surface area contributed by atoms with E-state index in [0.29, 0.717) is 0 Å². The van der Waals surface area contributed by atoms with Gasteiger partial charge < -0.3 is 4.74 Å². The van der Waals surface area contributed by atoms with Crippen molar-refractivity contribution in [2.75, 3.05) is 7.11 Å². The average Bonchev–Trinajstić information content (AvgIpc) is 2.31. The van der Waals surface area contributed by atoms with E-state index >= 15 is 0 Å². The number of rotatable bonds is 5. The van der Waals surface area contributed by atoms with Gasteiger partial charge in [-0.05, 0) is 25.1 Å². The number of carbonyl (C=O) groups excluding carboxylic acids is 1. The van der Waals surface area contributed by atoms with Crippen molar-refractivity contribution < 1.29 is 17.9 Å². The van der Waals surface area contributed by atoms with Crippen LogP contribution in [0.2, 0.25) is 10.0 Å². The van der Waals surface area contributed by atoms with Crippen molar-refractivity contribution >= 4 is 39.2 Å². The molecule has 0 aromatic heterocycles. The smallest absolute Gasteiger partial charge is 0.307 e. The van der Waals surface area contributed by atoms with E-state index in [1.165, 1.54) is 25.3 Å². The number of sulfonamides is 1. The number of carbonyl (C=O) groups is 1. The Morgan fingerprint density at radius 2 is 2.00 bits per heavy atom. The molecule has 5 nitrogen and oxygen atoms in total. The summed E-state index contributed by atoms with van der Waals surface area (Å²) in [4.78, 5) is 11.0. The molecule has 1 aromatic carbocycles. The monoisotopic (exact) mass is 325 g/mol. The van der Waals surface area contributed by atoms with E-state index in [1.807, 2.05) is 0 Å². The van der Waals surface area contributed by atoms with Crippen LogP contribution in [0.5, 0.6) is 0 Å². The second-order valence-electron chi connectivity index (χ2n) is 3.88. The maximum atomic E-state index is 12.0. The molecule has 0 saturated heterocycles. The van der Waals surface area contributed by atoms with Gasteiger partial charge in [0.25, 0.3) is 0 Å². The summed E-state index contributed by atoms with van der Waals surface area (Å²) in [6.07, 6.45) is -0.0585. The third-order valence-corrected chi connectivity index (χ3v) is 4.58. The summed E-state index contributed by atoms with van der Waals surface area (Å²) < 4.78 is 30.8. The van der Waals surface area contributed by atoms with Crippen LogP contribution >= 0.6 is 23.2 Å². The summed E-state index contributed by atoms with van der Waals surface area (Å²) in [6, 6.07) is 3.38. The van der Waals surface area contributed by atoms with E-state index < -0.39 is 22.0 Å². The van der Waals surface area contributed by atoms with E-state index in [-0.39, 0.29) is 21.4 Å². The lowest BCUT2D eigenvalue weighted by Crippen LogP contribution is -2.34. The van der Waals surface area contributed by atoms with Gasteiger partial charge in [-0.25, -0.2) is 13.1 Å². The van der Waals surface area contributed by atoms with Gasteiger partial charge in [0.1, 0.15) is 0 Å². The predicted molar refractivity (Wildman–Crippen MR) is 72.9 cm³/mol. The third kappa shape index (κ3) is 4.65. The summed E-state index contributed by atoms with van der Waals surface area (Å²) >= 11 is 11.5. The lowest BCUT2D eigenvalue weighted by Gasteiger charge is -2.13. The first-order valence-corrected chi connectivity index (χ1v) is 7.54. The standard InChI is InChI=1S/C11H13Cl2NO4S/c1-7(5-11(15)18-2)14-19(16,17)8-3-4-9(12)10(13)6-8/h3-4,6-7,14H,5H2,1-2H3. The largest absolute Gasteiger partial charge is 0.469 e. The quantitative estimate of drug-likeness (QED) is 0.842. The summed E-state index contributed by atoms with van der Waals surface area (Å²) in [5, 5.41) is 0.411. The number of methoxy groups -OCH3 is 1. The van der Waals surface area contributed by atoms with Crippen molar-refractivity contribution in [2.24, 2.45) is 0 Å². The van der Waals surface area contributed by atoms with E-state index in [1.54, 1.807) is 6.92 Å². The zero-order valence-corrected chi connectivity index (χ0v) is 12.6. The lowest BCUT2D eigenvalue weighted by atomic mass is 10.3. The molecule has 0 bridgehead atoms. The fraction of sp³-hybridized carbons (Fsp3) is 0.364. The van der Waals surface area contributed by atoms with Crippen molar-refractivity contribution in [3.05, 3.63) is 28.2 Å². The Morgan fingerprint density at radius 3 is 2.53 bits per heavy atom. The maximum Gasteiger partial charge on any atom is 0.307 e. The molecule has 0 fully saturated rings. The molecule has 0 aliphatic carbocycles. The molecule has 1 N–H and O–H groups in total. The Bertz CT molecular complexity index is 574. The Kier molecular flexibility index (Phi) is 5.61. The second-order valence-corrected chi connectivity index (χ2v) is 6.41. The normalized spacial score (nSPS) is 13.1. The van der Waals surface area contributed by atoms with Crippen LogP contribution in [0.25, 0.3) is 0 Å². The molecule has 0 heterocycles. The number of benzene rings is 1. The Balaban J connectivity index is 2.86. The van der Waals surface area contributed by atoms with E-state index in [4.69, 9.17) is 23.2 Å². The van der Waals surface area contributed by atoms with Crippen LogP contribution in [0.4, 0.5) is 0 Å². The SMILES string of the molecule is COC(=O)CC(C)NS(=O)(=O)c1ccc(Cl)c(Cl)c1. The topological polar surface area (TPSA) is 72.5 Å². The fourth-order valence-electron chi connectivity index (χ4n) is 1.35. The molecule has 1 atom stereocenters. The van der Waals surface area contributed by atoms with Crippen molar-refractivity contribution in [1.29, 1.82) is 0 Å². The lowest BCUT2D eigenvalue weighted by molar-refractivity contribution is -0.140. The number of hydrogen-bond acceptors (Lipinski definition) is 4. The first-order chi connectivity index (χ1) is 8.76. The molecule has 0 aliphatic heterocycles. The molecule has 1 unspecified atom stereocenters. The van der Waals surface area contributed by atoms with Gasteiger partial charge in [-0.15, -0.1) is 0 Å². The highest BCUT2D eigenvalue weighted by molar-refractivity contribution is 7.89. The molecular formula is C11H13Cl2NO4S. The van der Waals surface area contributed by atoms with Crippen molar-refractivity contribution in [3.8, 4) is 0 Å². The van der Waals surface area contributed by atoms with Crippen LogP contribution in [-0.4, -0.2) is 27.5 Å². The van der Waals surface area contributed by atoms with E-state index in [2.05, 4.69) is 9.46 Å². The third-order valence-electron chi connectivity index (χ3n) is 2.26. The molecular weight excluding hydrogens is 313 g/mol. The van der Waals surface area contributed by atoms with Crippen LogP contribution in [-0.2, 0) is 19.6 Å². The van der Waals surface area contributed by atoms with E-state index in [9.17, 15) is 13.2 Å². The van der Waals surface area contributed by atoms with Crippen molar-refractivity contribution in [1.82, 2.24) is 4.72 Å². The van der Waals surface area contributed by atoms with Crippen LogP contribution in [0.1, 0.15) is 13.3 Å². The highest BCUT2D eigenvalue weighted by atomic mass is 35.5.